The minimum absolute atomic E-state index is 0.0155. The van der Waals surface area contributed by atoms with Gasteiger partial charge in [0.2, 0.25) is 10.0 Å². The van der Waals surface area contributed by atoms with Gasteiger partial charge in [-0.1, -0.05) is 46.7 Å². The lowest BCUT2D eigenvalue weighted by Gasteiger charge is -2.19. The number of hydrogen-bond donors (Lipinski definition) is 0. The Hall–Kier alpha value is -2.76. The number of carbonyl (C=O) groups excluding carboxylic acids is 2. The molecular formula is C23H21Cl2N3O5S2. The molecule has 184 valence electrons. The molecule has 35 heavy (non-hydrogen) atoms. The number of aromatic nitrogens is 1. The van der Waals surface area contributed by atoms with E-state index in [1.54, 1.807) is 6.07 Å². The lowest BCUT2D eigenvalue weighted by atomic mass is 10.2. The van der Waals surface area contributed by atoms with Crippen LogP contribution in [0.2, 0.25) is 10.0 Å². The summed E-state index contributed by atoms with van der Waals surface area (Å²) in [6.45, 7) is 7.17. The lowest BCUT2D eigenvalue weighted by Crippen LogP contribution is -2.31. The molecule has 0 bridgehead atoms. The molecule has 1 amide bonds. The molecule has 1 heterocycles. The summed E-state index contributed by atoms with van der Waals surface area (Å²) < 4.78 is 33.8. The Bertz CT molecular complexity index is 1470. The Labute approximate surface area is 216 Å². The van der Waals surface area contributed by atoms with Crippen LogP contribution in [-0.2, 0) is 26.1 Å². The van der Waals surface area contributed by atoms with Gasteiger partial charge in [0.25, 0.3) is 5.91 Å². The molecule has 3 rings (SSSR count). The van der Waals surface area contributed by atoms with Crippen molar-refractivity contribution in [3.63, 3.8) is 0 Å². The van der Waals surface area contributed by atoms with E-state index in [1.807, 2.05) is 0 Å². The van der Waals surface area contributed by atoms with E-state index >= 15 is 0 Å². The number of benzene rings is 2. The number of ether oxygens (including phenoxy) is 1. The van der Waals surface area contributed by atoms with Crippen molar-refractivity contribution in [2.45, 2.75) is 11.4 Å². The maximum absolute atomic E-state index is 12.9. The Morgan fingerprint density at radius 3 is 2.34 bits per heavy atom. The number of esters is 1. The summed E-state index contributed by atoms with van der Waals surface area (Å²) >= 11 is 13.6. The molecule has 1 aromatic heterocycles. The van der Waals surface area contributed by atoms with Gasteiger partial charge < -0.3 is 9.30 Å². The van der Waals surface area contributed by atoms with E-state index in [0.29, 0.717) is 20.3 Å². The Morgan fingerprint density at radius 2 is 1.77 bits per heavy atom. The highest BCUT2D eigenvalue weighted by atomic mass is 35.5. The normalized spacial score (nSPS) is 12.2. The van der Waals surface area contributed by atoms with Gasteiger partial charge in [0, 0.05) is 23.7 Å². The molecule has 0 unspecified atom stereocenters. The third-order valence-corrected chi connectivity index (χ3v) is 8.19. The van der Waals surface area contributed by atoms with Crippen LogP contribution in [0.1, 0.15) is 10.4 Å². The van der Waals surface area contributed by atoms with Gasteiger partial charge in [-0.05, 0) is 36.4 Å². The van der Waals surface area contributed by atoms with Crippen molar-refractivity contribution < 1.29 is 22.7 Å². The van der Waals surface area contributed by atoms with Gasteiger partial charge in [0.1, 0.15) is 6.54 Å². The van der Waals surface area contributed by atoms with E-state index < -0.39 is 21.9 Å². The van der Waals surface area contributed by atoms with Crippen LogP contribution in [0.4, 0.5) is 0 Å². The van der Waals surface area contributed by atoms with E-state index in [1.165, 1.54) is 58.5 Å². The summed E-state index contributed by atoms with van der Waals surface area (Å²) in [5.74, 6) is -1.18. The zero-order chi connectivity index (χ0) is 25.8. The van der Waals surface area contributed by atoms with Gasteiger partial charge in [-0.25, -0.2) is 8.42 Å². The maximum Gasteiger partial charge on any atom is 0.325 e. The van der Waals surface area contributed by atoms with Gasteiger partial charge in [-0.15, -0.1) is 13.2 Å². The summed E-state index contributed by atoms with van der Waals surface area (Å²) in [4.78, 5) is 29.3. The molecule has 2 aromatic carbocycles. The van der Waals surface area contributed by atoms with Crippen molar-refractivity contribution in [3.8, 4) is 0 Å². The monoisotopic (exact) mass is 553 g/mol. The fourth-order valence-corrected chi connectivity index (χ4v) is 6.38. The number of rotatable bonds is 9. The Morgan fingerprint density at radius 1 is 1.14 bits per heavy atom. The van der Waals surface area contributed by atoms with Crippen molar-refractivity contribution in [1.29, 1.82) is 0 Å². The van der Waals surface area contributed by atoms with E-state index in [9.17, 15) is 18.0 Å². The minimum Gasteiger partial charge on any atom is -0.468 e. The fraction of sp³-hybridized carbons (Fsp3) is 0.174. The van der Waals surface area contributed by atoms with Gasteiger partial charge in [0.05, 0.1) is 27.2 Å². The van der Waals surface area contributed by atoms with Gasteiger partial charge in [-0.3, -0.25) is 9.59 Å². The number of methoxy groups -OCH3 is 1. The molecule has 0 fully saturated rings. The standard InChI is InChI=1S/C23H21Cl2N3O5S2/c1-4-10-27(11-5-2)35(31,32)17-8-6-15(7-9-17)22(30)26-23-28(14-20(29)33-3)21-18(25)12-16(24)13-19(21)34-23/h4-9,12-13H,1-2,10-11,14H2,3H3. The second-order valence-electron chi connectivity index (χ2n) is 7.12. The summed E-state index contributed by atoms with van der Waals surface area (Å²) in [5.41, 5.74) is 0.651. The molecule has 0 spiro atoms. The molecule has 0 aliphatic rings. The molecule has 12 heteroatoms. The fourth-order valence-electron chi connectivity index (χ4n) is 3.18. The molecule has 0 N–H and O–H groups in total. The first-order valence-electron chi connectivity index (χ1n) is 10.1. The average molecular weight is 554 g/mol. The quantitative estimate of drug-likeness (QED) is 0.291. The average Bonchev–Trinajstić information content (AvgIpc) is 3.15. The molecule has 0 atom stereocenters. The van der Waals surface area contributed by atoms with Gasteiger partial charge >= 0.3 is 5.97 Å². The number of fused-ring (bicyclic) bond motifs is 1. The molecule has 0 saturated carbocycles. The van der Waals surface area contributed by atoms with E-state index in [0.717, 1.165) is 11.3 Å². The maximum atomic E-state index is 12.9. The Balaban J connectivity index is 2.03. The molecular weight excluding hydrogens is 533 g/mol. The zero-order valence-electron chi connectivity index (χ0n) is 18.6. The molecule has 8 nitrogen and oxygen atoms in total. The smallest absolute Gasteiger partial charge is 0.325 e. The van der Waals surface area contributed by atoms with Crippen LogP contribution in [0, 0.1) is 0 Å². The highest BCUT2D eigenvalue weighted by Crippen LogP contribution is 2.30. The first-order chi connectivity index (χ1) is 16.6. The van der Waals surface area contributed by atoms with Crippen LogP contribution >= 0.6 is 34.5 Å². The molecule has 0 aliphatic heterocycles. The molecule has 0 aliphatic carbocycles. The predicted octanol–water partition coefficient (Wildman–Crippen LogP) is 4.29. The number of sulfonamides is 1. The van der Waals surface area contributed by atoms with Crippen LogP contribution < -0.4 is 4.80 Å². The lowest BCUT2D eigenvalue weighted by molar-refractivity contribution is -0.141. The summed E-state index contributed by atoms with van der Waals surface area (Å²) in [6.07, 6.45) is 2.96. The first-order valence-corrected chi connectivity index (χ1v) is 13.1. The van der Waals surface area contributed by atoms with Crippen molar-refractivity contribution in [3.05, 3.63) is 82.1 Å². The summed E-state index contributed by atoms with van der Waals surface area (Å²) in [7, 11) is -2.56. The third-order valence-electron chi connectivity index (χ3n) is 4.81. The van der Waals surface area contributed by atoms with Crippen LogP contribution in [0.25, 0.3) is 10.2 Å². The van der Waals surface area contributed by atoms with Gasteiger partial charge in [-0.2, -0.15) is 9.30 Å². The molecule has 0 saturated heterocycles. The largest absolute Gasteiger partial charge is 0.468 e. The number of thiazole rings is 1. The van der Waals surface area contributed by atoms with E-state index in [2.05, 4.69) is 18.2 Å². The van der Waals surface area contributed by atoms with E-state index in [-0.39, 0.29) is 34.9 Å². The number of halogens is 2. The van der Waals surface area contributed by atoms with Crippen LogP contribution in [-0.4, -0.2) is 49.4 Å². The highest BCUT2D eigenvalue weighted by Gasteiger charge is 2.23. The first kappa shape index (κ1) is 26.8. The zero-order valence-corrected chi connectivity index (χ0v) is 21.8. The number of carbonyl (C=O) groups is 2. The Kier molecular flexibility index (Phi) is 8.68. The number of nitrogens with zero attached hydrogens (tertiary/aromatic N) is 3. The van der Waals surface area contributed by atoms with Crippen molar-refractivity contribution in [1.82, 2.24) is 8.87 Å². The SMILES string of the molecule is C=CCN(CC=C)S(=O)(=O)c1ccc(C(=O)N=c2sc3cc(Cl)cc(Cl)c3n2CC(=O)OC)cc1. The van der Waals surface area contributed by atoms with Crippen molar-refractivity contribution in [2.24, 2.45) is 4.99 Å². The second-order valence-corrected chi connectivity index (χ2v) is 10.9. The predicted molar refractivity (Wildman–Crippen MR) is 137 cm³/mol. The highest BCUT2D eigenvalue weighted by molar-refractivity contribution is 7.89. The molecule has 0 radical (unpaired) electrons. The third kappa shape index (κ3) is 5.91. The topological polar surface area (TPSA) is 98.0 Å². The number of hydrogen-bond acceptors (Lipinski definition) is 6. The summed E-state index contributed by atoms with van der Waals surface area (Å²) in [6, 6.07) is 8.60. The van der Waals surface area contributed by atoms with Crippen LogP contribution in [0.5, 0.6) is 0 Å². The number of amides is 1. The minimum atomic E-state index is -3.81. The van der Waals surface area contributed by atoms with E-state index in [4.69, 9.17) is 27.9 Å². The second kappa shape index (κ2) is 11.3. The van der Waals surface area contributed by atoms with Crippen LogP contribution in [0.3, 0.4) is 0 Å². The van der Waals surface area contributed by atoms with Crippen LogP contribution in [0.15, 0.2) is 71.6 Å². The summed E-state index contributed by atoms with van der Waals surface area (Å²) in [5, 5.41) is 0.685. The van der Waals surface area contributed by atoms with Crippen molar-refractivity contribution in [2.75, 3.05) is 20.2 Å². The van der Waals surface area contributed by atoms with Crippen molar-refractivity contribution >= 4 is 66.7 Å². The molecule has 3 aromatic rings. The van der Waals surface area contributed by atoms with Gasteiger partial charge in [0.15, 0.2) is 4.80 Å².